The molecule has 4 aromatic rings. The number of nitrogens with zero attached hydrogens (tertiary/aromatic N) is 6. The molecule has 5 rings (SSSR count). The van der Waals surface area contributed by atoms with Gasteiger partial charge in [-0.05, 0) is 63.8 Å². The third-order valence-corrected chi connectivity index (χ3v) is 7.08. The molecule has 1 aliphatic carbocycles. The van der Waals surface area contributed by atoms with Gasteiger partial charge in [-0.2, -0.15) is 10.4 Å². The number of carbonyl (C=O) groups is 1. The highest BCUT2D eigenvalue weighted by Crippen LogP contribution is 2.34. The minimum absolute atomic E-state index is 0.0436. The molecule has 0 aliphatic heterocycles. The van der Waals surface area contributed by atoms with Gasteiger partial charge in [-0.25, -0.2) is 4.52 Å². The Morgan fingerprint density at radius 2 is 2.00 bits per heavy atom. The van der Waals surface area contributed by atoms with E-state index in [-0.39, 0.29) is 24.1 Å². The largest absolute Gasteiger partial charge is 0.393 e. The number of nitriles is 1. The van der Waals surface area contributed by atoms with Crippen LogP contribution in [-0.2, 0) is 0 Å². The second kappa shape index (κ2) is 10.0. The Morgan fingerprint density at radius 1 is 1.19 bits per heavy atom. The first kappa shape index (κ1) is 23.8. The molecule has 184 valence electrons. The van der Waals surface area contributed by atoms with Gasteiger partial charge < -0.3 is 15.7 Å². The normalized spacial score (nSPS) is 17.8. The van der Waals surface area contributed by atoms with E-state index in [4.69, 9.17) is 5.26 Å². The number of nitrogens with one attached hydrogen (secondary N) is 2. The van der Waals surface area contributed by atoms with E-state index < -0.39 is 0 Å². The number of rotatable bonds is 6. The fourth-order valence-corrected chi connectivity index (χ4v) is 5.11. The molecule has 0 atom stereocenters. The van der Waals surface area contributed by atoms with Crippen molar-refractivity contribution in [1.82, 2.24) is 30.1 Å². The van der Waals surface area contributed by atoms with Crippen LogP contribution >= 0.6 is 11.3 Å². The zero-order chi connectivity index (χ0) is 25.2. The molecule has 4 aromatic heterocycles. The maximum atomic E-state index is 12.8. The van der Waals surface area contributed by atoms with Gasteiger partial charge in [0.05, 0.1) is 40.3 Å². The summed E-state index contributed by atoms with van der Waals surface area (Å²) in [7, 11) is 0. The minimum Gasteiger partial charge on any atom is -0.393 e. The molecule has 0 unspecified atom stereocenters. The van der Waals surface area contributed by atoms with Crippen LogP contribution in [0.25, 0.3) is 27.5 Å². The number of carbonyl (C=O) groups excluding carboxylic acids is 1. The fourth-order valence-electron chi connectivity index (χ4n) is 4.34. The van der Waals surface area contributed by atoms with E-state index in [0.29, 0.717) is 34.1 Å². The molecule has 0 aromatic carbocycles. The summed E-state index contributed by atoms with van der Waals surface area (Å²) in [6, 6.07) is 9.83. The van der Waals surface area contributed by atoms with E-state index in [1.165, 1.54) is 17.5 Å². The van der Waals surface area contributed by atoms with Crippen molar-refractivity contribution in [3.8, 4) is 28.0 Å². The molecule has 0 saturated heterocycles. The summed E-state index contributed by atoms with van der Waals surface area (Å²) in [5.74, 6) is -0.245. The third-order valence-electron chi connectivity index (χ3n) is 6.12. The van der Waals surface area contributed by atoms with E-state index in [1.807, 2.05) is 32.0 Å². The first-order chi connectivity index (χ1) is 17.4. The quantitative estimate of drug-likeness (QED) is 0.363. The van der Waals surface area contributed by atoms with Crippen molar-refractivity contribution in [2.45, 2.75) is 57.7 Å². The summed E-state index contributed by atoms with van der Waals surface area (Å²) in [5, 5.41) is 39.0. The predicted octanol–water partition coefficient (Wildman–Crippen LogP) is 3.64. The molecule has 1 aliphatic rings. The molecule has 0 radical (unpaired) electrons. The van der Waals surface area contributed by atoms with E-state index in [2.05, 4.69) is 37.0 Å². The monoisotopic (exact) mass is 502 g/mol. The molecule has 0 spiro atoms. The lowest BCUT2D eigenvalue weighted by Crippen LogP contribution is -2.38. The Balaban J connectivity index is 1.43. The van der Waals surface area contributed by atoms with Gasteiger partial charge in [0.15, 0.2) is 5.01 Å². The fraction of sp³-hybridized carbons (Fsp3) is 0.360. The molecule has 1 saturated carbocycles. The topological polar surface area (TPSA) is 141 Å². The Hall–Kier alpha value is -3.88. The van der Waals surface area contributed by atoms with Gasteiger partial charge >= 0.3 is 0 Å². The summed E-state index contributed by atoms with van der Waals surface area (Å²) in [6.07, 6.45) is 5.89. The molecule has 1 fully saturated rings. The van der Waals surface area contributed by atoms with Crippen molar-refractivity contribution >= 4 is 28.4 Å². The van der Waals surface area contributed by atoms with Crippen LogP contribution in [0.3, 0.4) is 0 Å². The molecule has 11 heteroatoms. The van der Waals surface area contributed by atoms with Crippen molar-refractivity contribution in [3.05, 3.63) is 47.2 Å². The first-order valence-electron chi connectivity index (χ1n) is 11.9. The molecule has 3 N–H and O–H groups in total. The number of pyridine rings is 1. The number of anilines is 1. The summed E-state index contributed by atoms with van der Waals surface area (Å²) in [4.78, 5) is 17.4. The maximum absolute atomic E-state index is 12.8. The van der Waals surface area contributed by atoms with Crippen molar-refractivity contribution < 1.29 is 9.90 Å². The van der Waals surface area contributed by atoms with Gasteiger partial charge in [0, 0.05) is 24.0 Å². The lowest BCUT2D eigenvalue weighted by atomic mass is 9.93. The zero-order valence-electron chi connectivity index (χ0n) is 20.0. The van der Waals surface area contributed by atoms with Gasteiger partial charge in [0.2, 0.25) is 5.01 Å². The Morgan fingerprint density at radius 3 is 2.75 bits per heavy atom. The molecule has 4 heterocycles. The Labute approximate surface area is 212 Å². The van der Waals surface area contributed by atoms with Crippen LogP contribution in [0.4, 0.5) is 5.69 Å². The van der Waals surface area contributed by atoms with Gasteiger partial charge in [0.25, 0.3) is 5.91 Å². The van der Waals surface area contributed by atoms with E-state index in [0.717, 1.165) is 35.3 Å². The number of hydrogen-bond donors (Lipinski definition) is 3. The van der Waals surface area contributed by atoms with Crippen molar-refractivity contribution in [2.75, 3.05) is 5.32 Å². The SMILES string of the molecule is CC(C)Nc1cc(-c2ccc3cc(C#N)cnn23)ncc1-c1nnc(C(=O)NC2CCC(O)CC2)s1. The first-order valence-corrected chi connectivity index (χ1v) is 12.7. The third kappa shape index (κ3) is 4.91. The number of fused-ring (bicyclic) bond motifs is 1. The summed E-state index contributed by atoms with van der Waals surface area (Å²) in [6.45, 7) is 4.09. The molecule has 36 heavy (non-hydrogen) atoms. The Bertz CT molecular complexity index is 1450. The Kier molecular flexibility index (Phi) is 6.63. The smallest absolute Gasteiger partial charge is 0.282 e. The molecular weight excluding hydrogens is 476 g/mol. The average molecular weight is 503 g/mol. The van der Waals surface area contributed by atoms with Gasteiger partial charge in [-0.3, -0.25) is 9.78 Å². The summed E-state index contributed by atoms with van der Waals surface area (Å²) in [5.41, 5.74) is 4.38. The minimum atomic E-state index is -0.274. The van der Waals surface area contributed by atoms with Crippen LogP contribution in [0.15, 0.2) is 36.7 Å². The predicted molar refractivity (Wildman–Crippen MR) is 137 cm³/mol. The number of aliphatic hydroxyl groups excluding tert-OH is 1. The lowest BCUT2D eigenvalue weighted by molar-refractivity contribution is 0.0866. The summed E-state index contributed by atoms with van der Waals surface area (Å²) >= 11 is 1.22. The van der Waals surface area contributed by atoms with Crippen LogP contribution in [0.5, 0.6) is 0 Å². The van der Waals surface area contributed by atoms with Gasteiger partial charge in [-0.15, -0.1) is 10.2 Å². The van der Waals surface area contributed by atoms with Crippen LogP contribution < -0.4 is 10.6 Å². The van der Waals surface area contributed by atoms with Crippen LogP contribution in [0.2, 0.25) is 0 Å². The van der Waals surface area contributed by atoms with E-state index in [9.17, 15) is 9.90 Å². The standard InChI is InChI=1S/C25H26N8O2S/c1-14(2)29-20-10-21(22-8-5-17-9-15(11-26)12-28-33(17)22)27-13-19(20)24-31-32-25(36-24)23(35)30-16-3-6-18(34)7-4-16/h5,8-10,12-14,16,18,34H,3-4,6-7H2,1-2H3,(H,27,29)(H,30,35). The highest BCUT2D eigenvalue weighted by molar-refractivity contribution is 7.16. The van der Waals surface area contributed by atoms with Crippen LogP contribution in [0, 0.1) is 11.3 Å². The second-order valence-corrected chi connectivity index (χ2v) is 10.2. The average Bonchev–Trinajstić information content (AvgIpc) is 3.52. The van der Waals surface area contributed by atoms with E-state index >= 15 is 0 Å². The van der Waals surface area contributed by atoms with E-state index in [1.54, 1.807) is 16.8 Å². The second-order valence-electron chi connectivity index (χ2n) is 9.22. The lowest BCUT2D eigenvalue weighted by Gasteiger charge is -2.25. The molecule has 0 bridgehead atoms. The number of aromatic nitrogens is 5. The molecule has 10 nitrogen and oxygen atoms in total. The van der Waals surface area contributed by atoms with Crippen LogP contribution in [-0.4, -0.2) is 54.0 Å². The molecule has 1 amide bonds. The highest BCUT2D eigenvalue weighted by atomic mass is 32.1. The summed E-state index contributed by atoms with van der Waals surface area (Å²) < 4.78 is 1.75. The van der Waals surface area contributed by atoms with Crippen molar-refractivity contribution in [1.29, 1.82) is 5.26 Å². The maximum Gasteiger partial charge on any atom is 0.282 e. The van der Waals surface area contributed by atoms with Gasteiger partial charge in [0.1, 0.15) is 6.07 Å². The molecular formula is C25H26N8O2S. The highest BCUT2D eigenvalue weighted by Gasteiger charge is 2.24. The van der Waals surface area contributed by atoms with Crippen molar-refractivity contribution in [3.63, 3.8) is 0 Å². The van der Waals surface area contributed by atoms with Gasteiger partial charge in [-0.1, -0.05) is 11.3 Å². The van der Waals surface area contributed by atoms with Crippen LogP contribution in [0.1, 0.15) is 54.9 Å². The number of hydrogen-bond acceptors (Lipinski definition) is 9. The number of aliphatic hydroxyl groups is 1. The number of amides is 1. The van der Waals surface area contributed by atoms with Crippen molar-refractivity contribution in [2.24, 2.45) is 0 Å². The zero-order valence-corrected chi connectivity index (χ0v) is 20.8.